The Bertz CT molecular complexity index is 424. The van der Waals surface area contributed by atoms with E-state index in [0.717, 1.165) is 59.2 Å². The summed E-state index contributed by atoms with van der Waals surface area (Å²) in [6.07, 6.45) is 4.06. The van der Waals surface area contributed by atoms with Crippen LogP contribution in [0.5, 0.6) is 0 Å². The zero-order valence-corrected chi connectivity index (χ0v) is 31.3. The quantitative estimate of drug-likeness (QED) is 0.213. The summed E-state index contributed by atoms with van der Waals surface area (Å²) >= 11 is 0. The van der Waals surface area contributed by atoms with Gasteiger partial charge in [-0.3, -0.25) is 0 Å². The van der Waals surface area contributed by atoms with Crippen molar-refractivity contribution < 1.29 is 44.6 Å². The molecule has 0 aliphatic heterocycles. The fraction of sp³-hybridized carbons (Fsp3) is 0.862. The molecule has 1 heterocycles. The second kappa shape index (κ2) is 20.4. The smallest absolute Gasteiger partial charge is 0 e. The van der Waals surface area contributed by atoms with Crippen LogP contribution in [-0.4, -0.2) is 32.6 Å². The first kappa shape index (κ1) is 39.9. The maximum Gasteiger partial charge on any atom is 0 e. The molecule has 5 heteroatoms. The SMILES string of the molecule is CC1C(C)C(C)C(C)C1C.CC1C(C)C(C)C(C)C1C.CP(C)CP(C)C.[Ir].[Ir].[c-]1ccco1. The summed E-state index contributed by atoms with van der Waals surface area (Å²) in [5, 5.41) is 0. The van der Waals surface area contributed by atoms with E-state index in [0.29, 0.717) is 15.8 Å². The van der Waals surface area contributed by atoms with Crippen LogP contribution >= 0.6 is 15.8 Å². The largest absolute Gasteiger partial charge is 0.599 e. The summed E-state index contributed by atoms with van der Waals surface area (Å²) in [6.45, 7) is 33.4. The van der Waals surface area contributed by atoms with Crippen molar-refractivity contribution in [2.45, 2.75) is 69.2 Å². The van der Waals surface area contributed by atoms with E-state index in [9.17, 15) is 0 Å². The fourth-order valence-electron chi connectivity index (χ4n) is 5.55. The van der Waals surface area contributed by atoms with Crippen molar-refractivity contribution in [2.75, 3.05) is 32.6 Å². The van der Waals surface area contributed by atoms with Gasteiger partial charge in [0, 0.05) is 40.2 Å². The van der Waals surface area contributed by atoms with E-state index in [2.05, 4.69) is 107 Å². The maximum absolute atomic E-state index is 4.46. The number of rotatable bonds is 2. The molecule has 2 aliphatic rings. The Morgan fingerprint density at radius 2 is 0.765 bits per heavy atom. The van der Waals surface area contributed by atoms with Gasteiger partial charge in [-0.05, 0) is 98.0 Å². The molecule has 1 aromatic rings. The molecular weight excluding hydrogens is 811 g/mol. The van der Waals surface area contributed by atoms with Crippen molar-refractivity contribution in [1.82, 2.24) is 0 Å². The van der Waals surface area contributed by atoms with Gasteiger partial charge in [0.05, 0.1) is 0 Å². The van der Waals surface area contributed by atoms with Crippen LogP contribution in [0.25, 0.3) is 0 Å². The second-order valence-corrected chi connectivity index (χ2v) is 17.1. The van der Waals surface area contributed by atoms with Crippen LogP contribution < -0.4 is 0 Å². The molecule has 0 atom stereocenters. The van der Waals surface area contributed by atoms with Crippen LogP contribution in [0.2, 0.25) is 0 Å². The average molecular weight is 868 g/mol. The minimum atomic E-state index is 0. The Balaban J connectivity index is -0.000000381. The molecule has 0 saturated heterocycles. The van der Waals surface area contributed by atoms with Gasteiger partial charge in [-0.2, -0.15) is 6.07 Å². The molecule has 1 aromatic heterocycles. The molecule has 2 radical (unpaired) electrons. The third-order valence-corrected chi connectivity index (χ3v) is 13.8. The van der Waals surface area contributed by atoms with Gasteiger partial charge in [0.1, 0.15) is 0 Å². The van der Waals surface area contributed by atoms with Crippen molar-refractivity contribution in [3.8, 4) is 0 Å². The van der Waals surface area contributed by atoms with Gasteiger partial charge in [0.2, 0.25) is 0 Å². The van der Waals surface area contributed by atoms with Crippen molar-refractivity contribution >= 4 is 15.8 Å². The minimum Gasteiger partial charge on any atom is -0.599 e. The van der Waals surface area contributed by atoms with Gasteiger partial charge < -0.3 is 4.42 Å². The van der Waals surface area contributed by atoms with Crippen LogP contribution in [0.1, 0.15) is 69.2 Å². The monoisotopic (exact) mass is 869 g/mol. The predicted octanol–water partition coefficient (Wildman–Crippen LogP) is 9.86. The van der Waals surface area contributed by atoms with Gasteiger partial charge in [0.15, 0.2) is 0 Å². The van der Waals surface area contributed by atoms with Crippen LogP contribution in [0, 0.1) is 65.4 Å². The van der Waals surface area contributed by atoms with E-state index >= 15 is 0 Å². The molecular formula is C29H57Ir2OP2-. The van der Waals surface area contributed by atoms with E-state index in [1.54, 1.807) is 18.4 Å². The van der Waals surface area contributed by atoms with E-state index in [1.807, 2.05) is 0 Å². The van der Waals surface area contributed by atoms with Crippen molar-refractivity contribution in [3.05, 3.63) is 24.7 Å². The molecule has 2 fully saturated rings. The Kier molecular flexibility index (Phi) is 24.0. The first-order valence-corrected chi connectivity index (χ1v) is 17.8. The molecule has 208 valence electrons. The number of hydrogen-bond acceptors (Lipinski definition) is 1. The van der Waals surface area contributed by atoms with Gasteiger partial charge in [0.25, 0.3) is 0 Å². The third-order valence-electron chi connectivity index (χ3n) is 9.24. The van der Waals surface area contributed by atoms with Gasteiger partial charge in [-0.15, -0.1) is 21.9 Å². The summed E-state index contributed by atoms with van der Waals surface area (Å²) in [7, 11) is 0.778. The molecule has 0 amide bonds. The zero-order chi connectivity index (χ0) is 25.2. The third kappa shape index (κ3) is 13.8. The van der Waals surface area contributed by atoms with Crippen molar-refractivity contribution in [2.24, 2.45) is 59.2 Å². The Labute approximate surface area is 244 Å². The summed E-state index contributed by atoms with van der Waals surface area (Å²) < 4.78 is 4.46. The molecule has 2 aliphatic carbocycles. The van der Waals surface area contributed by atoms with E-state index < -0.39 is 0 Å². The van der Waals surface area contributed by atoms with Crippen LogP contribution in [0.3, 0.4) is 0 Å². The van der Waals surface area contributed by atoms with Gasteiger partial charge >= 0.3 is 0 Å². The van der Waals surface area contributed by atoms with Crippen LogP contribution in [0.4, 0.5) is 0 Å². The summed E-state index contributed by atoms with van der Waals surface area (Å²) in [5.41, 5.74) is 0. The Morgan fingerprint density at radius 1 is 0.529 bits per heavy atom. The molecule has 0 N–H and O–H groups in total. The van der Waals surface area contributed by atoms with Crippen LogP contribution in [-0.2, 0) is 40.2 Å². The number of hydrogen-bond donors (Lipinski definition) is 0. The fourth-order valence-corrected chi connectivity index (χ4v) is 10.1. The van der Waals surface area contributed by atoms with E-state index in [-0.39, 0.29) is 40.2 Å². The molecule has 1 nitrogen and oxygen atoms in total. The topological polar surface area (TPSA) is 13.1 Å². The molecule has 0 bridgehead atoms. The molecule has 0 unspecified atom stereocenters. The maximum atomic E-state index is 4.46. The molecule has 3 rings (SSSR count). The number of furan rings is 1. The summed E-state index contributed by atoms with van der Waals surface area (Å²) in [6, 6.07) is 3.49. The second-order valence-electron chi connectivity index (χ2n) is 11.6. The minimum absolute atomic E-state index is 0. The Morgan fingerprint density at radius 3 is 0.824 bits per heavy atom. The van der Waals surface area contributed by atoms with E-state index in [1.165, 1.54) is 5.90 Å². The van der Waals surface area contributed by atoms with Crippen LogP contribution in [0.15, 0.2) is 22.8 Å². The first-order valence-electron chi connectivity index (χ1n) is 12.9. The predicted molar refractivity (Wildman–Crippen MR) is 152 cm³/mol. The van der Waals surface area contributed by atoms with Crippen molar-refractivity contribution in [1.29, 1.82) is 0 Å². The first-order chi connectivity index (χ1) is 14.7. The summed E-state index contributed by atoms with van der Waals surface area (Å²) in [4.78, 5) is 0. The molecule has 0 spiro atoms. The standard InChI is InChI=1S/2C10H20.C5H14P2.C4H3O.2Ir/c2*1-6-7(2)9(4)10(5)8(6)3;1-6(2)5-7(3)4;1-2-4-5-3-1;;/h2*6-10H,1-5H3;5H2,1-4H3;1-3H;;/q;;;-1;;. The van der Waals surface area contributed by atoms with Crippen molar-refractivity contribution in [3.63, 3.8) is 0 Å². The normalized spacial score (nSPS) is 36.1. The molecule has 0 aromatic carbocycles. The zero-order valence-electron chi connectivity index (χ0n) is 24.7. The van der Waals surface area contributed by atoms with E-state index in [4.69, 9.17) is 0 Å². The molecule has 34 heavy (non-hydrogen) atoms. The average Bonchev–Trinajstić information content (AvgIpc) is 3.41. The van der Waals surface area contributed by atoms with Gasteiger partial charge in [-0.1, -0.05) is 75.5 Å². The molecule has 2 saturated carbocycles. The summed E-state index contributed by atoms with van der Waals surface area (Å²) in [5.74, 6) is 10.8. The Hall–Kier alpha value is 1.44. The van der Waals surface area contributed by atoms with Gasteiger partial charge in [-0.25, -0.2) is 0 Å².